The standard InChI is InChI=1S/C47H48N8O9S2/c1-63-46(58)52-40(32-10-6-4-7-11-32)44(56)54-26-34(65(3)60)22-38(54)42-48-24-36(50-42)30-18-14-28(15-19-30)29-16-20-31(21-17-29)37-25-49-43(51-37)39-23-35(66(61)62)27-55(39)45(57)41(53-47(59)64-2)33-12-8-5-9-13-33/h4-21,24-25,34-35,38-41H,22-23,26-27H2,1-3H3,(H,48,50)(H,49,51)(H,52,58)(H,53,59)(H,61,62)/t34-,35-,38-,39-,40-,41-,65?/m0/s1. The van der Waals surface area contributed by atoms with E-state index in [0.717, 1.165) is 27.9 Å². The van der Waals surface area contributed by atoms with Gasteiger partial charge in [-0.1, -0.05) is 109 Å². The number of hydrogen-bond acceptors (Lipinski definition) is 10. The molecule has 2 aliphatic rings. The molecule has 17 nitrogen and oxygen atoms in total. The predicted molar refractivity (Wildman–Crippen MR) is 247 cm³/mol. The number of amides is 4. The van der Waals surface area contributed by atoms with Gasteiger partial charge < -0.3 is 44.4 Å². The van der Waals surface area contributed by atoms with Crippen molar-refractivity contribution in [3.05, 3.63) is 144 Å². The van der Waals surface area contributed by atoms with Gasteiger partial charge in [-0.15, -0.1) is 0 Å². The number of benzene rings is 4. The Kier molecular flexibility index (Phi) is 13.9. The number of methoxy groups -OCH3 is 2. The molecule has 5 N–H and O–H groups in total. The van der Waals surface area contributed by atoms with E-state index in [0.29, 0.717) is 34.9 Å². The first kappa shape index (κ1) is 45.6. The van der Waals surface area contributed by atoms with Crippen LogP contribution in [0.4, 0.5) is 9.59 Å². The summed E-state index contributed by atoms with van der Waals surface area (Å²) < 4.78 is 44.7. The average molecular weight is 933 g/mol. The Balaban J connectivity index is 0.971. The van der Waals surface area contributed by atoms with Crippen molar-refractivity contribution in [1.29, 1.82) is 0 Å². The summed E-state index contributed by atoms with van der Waals surface area (Å²) in [6.45, 7) is 0.214. The fourth-order valence-electron chi connectivity index (χ4n) is 8.53. The van der Waals surface area contributed by atoms with E-state index in [9.17, 15) is 32.1 Å². The molecule has 8 rings (SSSR count). The maximum atomic E-state index is 14.2. The number of ether oxygens (including phenoxy) is 2. The van der Waals surface area contributed by atoms with Crippen LogP contribution in [0, 0.1) is 0 Å². The first-order valence-electron chi connectivity index (χ1n) is 21.0. The number of carbonyl (C=O) groups excluding carboxylic acids is 4. The van der Waals surface area contributed by atoms with Gasteiger partial charge in [0.25, 0.3) is 11.8 Å². The number of imidazole rings is 2. The zero-order chi connectivity index (χ0) is 46.5. The average Bonchev–Trinajstić information content (AvgIpc) is 4.19. The second kappa shape index (κ2) is 20.1. The summed E-state index contributed by atoms with van der Waals surface area (Å²) in [5, 5.41) is 4.26. The maximum Gasteiger partial charge on any atom is 0.407 e. The van der Waals surface area contributed by atoms with Crippen molar-refractivity contribution < 1.29 is 41.6 Å². The van der Waals surface area contributed by atoms with E-state index in [1.807, 2.05) is 54.6 Å². The van der Waals surface area contributed by atoms with Gasteiger partial charge in [0.15, 0.2) is 11.1 Å². The van der Waals surface area contributed by atoms with Crippen molar-refractivity contribution in [2.75, 3.05) is 33.6 Å². The molecule has 342 valence electrons. The fourth-order valence-corrected chi connectivity index (χ4v) is 9.99. The summed E-state index contributed by atoms with van der Waals surface area (Å²) in [6.07, 6.45) is 4.07. The van der Waals surface area contributed by atoms with Crippen LogP contribution in [0.15, 0.2) is 122 Å². The third-order valence-corrected chi connectivity index (χ3v) is 14.2. The molecule has 0 saturated carbocycles. The highest BCUT2D eigenvalue weighted by atomic mass is 32.2. The Hall–Kier alpha value is -6.96. The van der Waals surface area contributed by atoms with E-state index in [4.69, 9.17) is 9.47 Å². The molecule has 0 radical (unpaired) electrons. The monoisotopic (exact) mass is 932 g/mol. The third-order valence-electron chi connectivity index (χ3n) is 12.0. The van der Waals surface area contributed by atoms with Crippen molar-refractivity contribution in [3.63, 3.8) is 0 Å². The van der Waals surface area contributed by atoms with Gasteiger partial charge in [-0.3, -0.25) is 13.8 Å². The van der Waals surface area contributed by atoms with Crippen molar-refractivity contribution in [2.24, 2.45) is 0 Å². The van der Waals surface area contributed by atoms with Gasteiger partial charge in [-0.25, -0.2) is 23.8 Å². The SMILES string of the molecule is COC(=O)N[C@H](C(=O)N1C[C@@H](S(C)=O)C[C@H]1c1ncc(-c2ccc(-c3ccc(-c4cnc([C@@H]5C[C@H](S(=O)O)CN5C(=O)[C@@H](NC(=O)OC)c5ccccc5)[nH]4)cc3)cc2)[nH]1)c1ccccc1. The highest BCUT2D eigenvalue weighted by molar-refractivity contribution is 7.84. The molecule has 4 aromatic carbocycles. The number of rotatable bonds is 13. The molecule has 0 spiro atoms. The molecule has 2 aromatic heterocycles. The molecule has 4 heterocycles. The number of likely N-dealkylation sites (tertiary alicyclic amines) is 2. The predicted octanol–water partition coefficient (Wildman–Crippen LogP) is 6.21. The second-order valence-electron chi connectivity index (χ2n) is 16.0. The number of nitrogens with one attached hydrogen (secondary N) is 4. The number of carbonyl (C=O) groups is 4. The molecule has 2 unspecified atom stereocenters. The Morgan fingerprint density at radius 3 is 1.38 bits per heavy atom. The largest absolute Gasteiger partial charge is 0.453 e. The van der Waals surface area contributed by atoms with Crippen LogP contribution in [0.3, 0.4) is 0 Å². The molecule has 2 aliphatic heterocycles. The van der Waals surface area contributed by atoms with Gasteiger partial charge in [-0.05, 0) is 46.2 Å². The molecule has 8 atom stereocenters. The highest BCUT2D eigenvalue weighted by Crippen LogP contribution is 2.38. The Morgan fingerprint density at radius 1 is 0.621 bits per heavy atom. The summed E-state index contributed by atoms with van der Waals surface area (Å²) >= 11 is -2.21. The molecule has 19 heteroatoms. The van der Waals surface area contributed by atoms with E-state index < -0.39 is 69.4 Å². The fraction of sp³-hybridized carbons (Fsp3) is 0.277. The van der Waals surface area contributed by atoms with Crippen LogP contribution >= 0.6 is 0 Å². The second-order valence-corrected chi connectivity index (χ2v) is 18.9. The Morgan fingerprint density at radius 2 is 1.00 bits per heavy atom. The van der Waals surface area contributed by atoms with Crippen LogP contribution in [0.25, 0.3) is 33.6 Å². The molecular weight excluding hydrogens is 885 g/mol. The molecule has 2 fully saturated rings. The van der Waals surface area contributed by atoms with Gasteiger partial charge in [0.1, 0.15) is 23.7 Å². The number of aromatic amines is 2. The highest BCUT2D eigenvalue weighted by Gasteiger charge is 2.44. The Labute approximate surface area is 385 Å². The minimum Gasteiger partial charge on any atom is -0.453 e. The molecule has 66 heavy (non-hydrogen) atoms. The number of hydrogen-bond donors (Lipinski definition) is 5. The van der Waals surface area contributed by atoms with Gasteiger partial charge in [-0.2, -0.15) is 0 Å². The lowest BCUT2D eigenvalue weighted by atomic mass is 10.0. The molecule has 6 aromatic rings. The number of H-pyrrole nitrogens is 2. The quantitative estimate of drug-likeness (QED) is 0.0818. The number of alkyl carbamates (subject to hydrolysis) is 2. The summed E-state index contributed by atoms with van der Waals surface area (Å²) in [5.74, 6) is 0.153. The lowest BCUT2D eigenvalue weighted by Crippen LogP contribution is -2.43. The lowest BCUT2D eigenvalue weighted by Gasteiger charge is -2.28. The van der Waals surface area contributed by atoms with Gasteiger partial charge in [0.05, 0.1) is 60.6 Å². The van der Waals surface area contributed by atoms with Crippen molar-refractivity contribution >= 4 is 45.9 Å². The summed E-state index contributed by atoms with van der Waals surface area (Å²) in [5.41, 5.74) is 6.14. The smallest absolute Gasteiger partial charge is 0.407 e. The van der Waals surface area contributed by atoms with Crippen LogP contribution in [-0.4, -0.2) is 111 Å². The van der Waals surface area contributed by atoms with E-state index >= 15 is 0 Å². The van der Waals surface area contributed by atoms with Gasteiger partial charge >= 0.3 is 12.2 Å². The van der Waals surface area contributed by atoms with Crippen LogP contribution in [0.2, 0.25) is 0 Å². The van der Waals surface area contributed by atoms with Crippen LogP contribution in [-0.2, 0) is 40.9 Å². The molecular formula is C47H48N8O9S2. The zero-order valence-corrected chi connectivity index (χ0v) is 37.8. The number of nitrogens with zero attached hydrogens (tertiary/aromatic N) is 4. The molecule has 0 bridgehead atoms. The maximum absolute atomic E-state index is 14.2. The summed E-state index contributed by atoms with van der Waals surface area (Å²) in [7, 11) is 1.23. The van der Waals surface area contributed by atoms with Crippen molar-refractivity contribution in [3.8, 4) is 33.6 Å². The summed E-state index contributed by atoms with van der Waals surface area (Å²) in [6, 6.07) is 30.1. The normalized spacial score (nSPS) is 19.9. The van der Waals surface area contributed by atoms with Crippen LogP contribution < -0.4 is 10.6 Å². The third kappa shape index (κ3) is 9.82. The topological polar surface area (TPSA) is 229 Å². The Bertz CT molecular complexity index is 2550. The first-order valence-corrected chi connectivity index (χ1v) is 23.8. The van der Waals surface area contributed by atoms with E-state index in [1.165, 1.54) is 19.1 Å². The van der Waals surface area contributed by atoms with E-state index in [1.54, 1.807) is 78.1 Å². The first-order chi connectivity index (χ1) is 31.9. The minimum atomic E-state index is -2.21. The van der Waals surface area contributed by atoms with Crippen LogP contribution in [0.1, 0.15) is 59.8 Å². The molecule has 0 aliphatic carbocycles. The zero-order valence-electron chi connectivity index (χ0n) is 36.2. The van der Waals surface area contributed by atoms with E-state index in [-0.39, 0.29) is 30.7 Å². The lowest BCUT2D eigenvalue weighted by molar-refractivity contribution is -0.135. The summed E-state index contributed by atoms with van der Waals surface area (Å²) in [4.78, 5) is 72.1. The van der Waals surface area contributed by atoms with E-state index in [2.05, 4.69) is 30.6 Å². The molecule has 2 saturated heterocycles. The van der Waals surface area contributed by atoms with Gasteiger partial charge in [0, 0.05) is 30.1 Å². The number of aromatic nitrogens is 4. The molecule has 4 amide bonds. The van der Waals surface area contributed by atoms with Crippen LogP contribution in [0.5, 0.6) is 0 Å². The van der Waals surface area contributed by atoms with Gasteiger partial charge in [0.2, 0.25) is 0 Å². The van der Waals surface area contributed by atoms with Crippen molar-refractivity contribution in [2.45, 2.75) is 47.5 Å². The minimum absolute atomic E-state index is 0.0141. The van der Waals surface area contributed by atoms with Crippen molar-refractivity contribution in [1.82, 2.24) is 40.4 Å².